The van der Waals surface area contributed by atoms with E-state index in [0.29, 0.717) is 22.1 Å². The summed E-state index contributed by atoms with van der Waals surface area (Å²) in [4.78, 5) is 23.6. The van der Waals surface area contributed by atoms with Crippen LogP contribution >= 0.6 is 11.6 Å². The average molecular weight is 347 g/mol. The largest absolute Gasteiger partial charge is 0.484 e. The molecule has 0 saturated heterocycles. The minimum Gasteiger partial charge on any atom is -0.484 e. The summed E-state index contributed by atoms with van der Waals surface area (Å²) in [6, 6.07) is 13.7. The summed E-state index contributed by atoms with van der Waals surface area (Å²) in [6.45, 7) is 3.50. The molecule has 0 aliphatic carbocycles. The molecular weight excluding hydrogens is 328 g/mol. The first kappa shape index (κ1) is 17.8. The molecule has 2 rings (SSSR count). The van der Waals surface area contributed by atoms with E-state index in [1.807, 2.05) is 13.8 Å². The van der Waals surface area contributed by atoms with Gasteiger partial charge in [0.05, 0.1) is 0 Å². The third-order valence-electron chi connectivity index (χ3n) is 3.12. The van der Waals surface area contributed by atoms with Crippen LogP contribution in [0.25, 0.3) is 0 Å². The summed E-state index contributed by atoms with van der Waals surface area (Å²) in [7, 11) is 0. The smallest absolute Gasteiger partial charge is 0.262 e. The lowest BCUT2D eigenvalue weighted by Crippen LogP contribution is -2.20. The van der Waals surface area contributed by atoms with Crippen molar-refractivity contribution in [1.82, 2.24) is 0 Å². The normalized spacial score (nSPS) is 10.3. The van der Waals surface area contributed by atoms with Gasteiger partial charge in [-0.05, 0) is 36.4 Å². The Bertz CT molecular complexity index is 714. The molecule has 0 aliphatic heterocycles. The Labute approximate surface area is 146 Å². The number of amides is 2. The third-order valence-corrected chi connectivity index (χ3v) is 3.38. The predicted octanol–water partition coefficient (Wildman–Crippen LogP) is 3.95. The molecular formula is C18H19ClN2O3. The highest BCUT2D eigenvalue weighted by atomic mass is 35.5. The number of nitrogens with one attached hydrogen (secondary N) is 2. The zero-order chi connectivity index (χ0) is 17.5. The van der Waals surface area contributed by atoms with Gasteiger partial charge < -0.3 is 15.4 Å². The van der Waals surface area contributed by atoms with Gasteiger partial charge in [0.2, 0.25) is 5.91 Å². The van der Waals surface area contributed by atoms with Crippen molar-refractivity contribution in [3.8, 4) is 5.75 Å². The zero-order valence-electron chi connectivity index (χ0n) is 13.5. The molecule has 2 amide bonds. The minimum atomic E-state index is -0.283. The molecule has 2 aromatic carbocycles. The molecule has 0 aromatic heterocycles. The Hall–Kier alpha value is -2.53. The van der Waals surface area contributed by atoms with E-state index in [0.717, 1.165) is 0 Å². The molecule has 2 aromatic rings. The maximum atomic E-state index is 11.9. The number of carbonyl (C=O) groups is 2. The Kier molecular flexibility index (Phi) is 6.21. The SMILES string of the molecule is CC(C)C(=O)Nc1cccc(OCC(=O)Nc2ccc(Cl)cc2)c1. The number of rotatable bonds is 6. The van der Waals surface area contributed by atoms with E-state index in [2.05, 4.69) is 10.6 Å². The van der Waals surface area contributed by atoms with E-state index >= 15 is 0 Å². The Balaban J connectivity index is 1.88. The van der Waals surface area contributed by atoms with Crippen LogP contribution in [-0.2, 0) is 9.59 Å². The molecule has 2 N–H and O–H groups in total. The van der Waals surface area contributed by atoms with Crippen LogP contribution in [0.2, 0.25) is 5.02 Å². The van der Waals surface area contributed by atoms with Crippen molar-refractivity contribution in [2.75, 3.05) is 17.2 Å². The van der Waals surface area contributed by atoms with E-state index in [4.69, 9.17) is 16.3 Å². The number of benzene rings is 2. The van der Waals surface area contributed by atoms with Gasteiger partial charge in [0.15, 0.2) is 6.61 Å². The number of hydrogen-bond acceptors (Lipinski definition) is 3. The summed E-state index contributed by atoms with van der Waals surface area (Å²) in [5, 5.41) is 6.09. The summed E-state index contributed by atoms with van der Waals surface area (Å²) in [5.74, 6) is 0.0316. The highest BCUT2D eigenvalue weighted by molar-refractivity contribution is 6.30. The second-order valence-electron chi connectivity index (χ2n) is 5.52. The first-order valence-electron chi connectivity index (χ1n) is 7.53. The number of hydrogen-bond donors (Lipinski definition) is 2. The van der Waals surface area contributed by atoms with Crippen LogP contribution in [0.1, 0.15) is 13.8 Å². The number of anilines is 2. The van der Waals surface area contributed by atoms with E-state index < -0.39 is 0 Å². The molecule has 0 saturated carbocycles. The Morgan fingerprint density at radius 2 is 1.75 bits per heavy atom. The van der Waals surface area contributed by atoms with E-state index in [1.165, 1.54) is 0 Å². The number of ether oxygens (including phenoxy) is 1. The molecule has 0 radical (unpaired) electrons. The van der Waals surface area contributed by atoms with Gasteiger partial charge in [0.25, 0.3) is 5.91 Å². The zero-order valence-corrected chi connectivity index (χ0v) is 14.3. The summed E-state index contributed by atoms with van der Waals surface area (Å²) >= 11 is 5.79. The number of halogens is 1. The summed E-state index contributed by atoms with van der Waals surface area (Å²) < 4.78 is 5.46. The van der Waals surface area contributed by atoms with Crippen molar-refractivity contribution < 1.29 is 14.3 Å². The summed E-state index contributed by atoms with van der Waals surface area (Å²) in [6.07, 6.45) is 0. The van der Waals surface area contributed by atoms with Crippen molar-refractivity contribution in [1.29, 1.82) is 0 Å². The van der Waals surface area contributed by atoms with Crippen LogP contribution in [0, 0.1) is 5.92 Å². The maximum absolute atomic E-state index is 11.9. The minimum absolute atomic E-state index is 0.0763. The van der Waals surface area contributed by atoms with Gasteiger partial charge in [0, 0.05) is 28.4 Å². The van der Waals surface area contributed by atoms with Gasteiger partial charge in [-0.1, -0.05) is 31.5 Å². The third kappa shape index (κ3) is 5.59. The molecule has 0 bridgehead atoms. The molecule has 126 valence electrons. The molecule has 0 fully saturated rings. The lowest BCUT2D eigenvalue weighted by atomic mass is 10.2. The van der Waals surface area contributed by atoms with Crippen molar-refractivity contribution in [2.45, 2.75) is 13.8 Å². The Morgan fingerprint density at radius 1 is 1.04 bits per heavy atom. The Morgan fingerprint density at radius 3 is 2.42 bits per heavy atom. The average Bonchev–Trinajstić information content (AvgIpc) is 2.55. The first-order valence-corrected chi connectivity index (χ1v) is 7.91. The van der Waals surface area contributed by atoms with Crippen LogP contribution in [0.3, 0.4) is 0 Å². The maximum Gasteiger partial charge on any atom is 0.262 e. The van der Waals surface area contributed by atoms with Gasteiger partial charge in [-0.25, -0.2) is 0 Å². The van der Waals surface area contributed by atoms with Crippen LogP contribution in [0.15, 0.2) is 48.5 Å². The van der Waals surface area contributed by atoms with Crippen LogP contribution in [0.4, 0.5) is 11.4 Å². The van der Waals surface area contributed by atoms with Gasteiger partial charge in [-0.15, -0.1) is 0 Å². The van der Waals surface area contributed by atoms with Crippen LogP contribution < -0.4 is 15.4 Å². The fourth-order valence-corrected chi connectivity index (χ4v) is 1.96. The molecule has 0 unspecified atom stereocenters. The lowest BCUT2D eigenvalue weighted by molar-refractivity contribution is -0.119. The fourth-order valence-electron chi connectivity index (χ4n) is 1.83. The van der Waals surface area contributed by atoms with Crippen molar-refractivity contribution in [3.05, 3.63) is 53.6 Å². The molecule has 24 heavy (non-hydrogen) atoms. The number of carbonyl (C=O) groups excluding carboxylic acids is 2. The second kappa shape index (κ2) is 8.36. The highest BCUT2D eigenvalue weighted by Crippen LogP contribution is 2.18. The standard InChI is InChI=1S/C18H19ClN2O3/c1-12(2)18(23)21-15-4-3-5-16(10-15)24-11-17(22)20-14-8-6-13(19)7-9-14/h3-10,12H,11H2,1-2H3,(H,20,22)(H,21,23). The monoisotopic (exact) mass is 346 g/mol. The fraction of sp³-hybridized carbons (Fsp3) is 0.222. The topological polar surface area (TPSA) is 67.4 Å². The molecule has 0 aliphatic rings. The van der Waals surface area contributed by atoms with E-state index in [9.17, 15) is 9.59 Å². The van der Waals surface area contributed by atoms with Crippen LogP contribution in [0.5, 0.6) is 5.75 Å². The summed E-state index contributed by atoms with van der Waals surface area (Å²) in [5.41, 5.74) is 1.27. The second-order valence-corrected chi connectivity index (χ2v) is 5.95. The molecule has 0 atom stereocenters. The highest BCUT2D eigenvalue weighted by Gasteiger charge is 2.08. The van der Waals surface area contributed by atoms with Gasteiger partial charge in [-0.3, -0.25) is 9.59 Å². The van der Waals surface area contributed by atoms with Crippen molar-refractivity contribution in [3.63, 3.8) is 0 Å². The first-order chi connectivity index (χ1) is 11.4. The molecule has 0 spiro atoms. The lowest BCUT2D eigenvalue weighted by Gasteiger charge is -2.11. The molecule has 0 heterocycles. The van der Waals surface area contributed by atoms with Gasteiger partial charge >= 0.3 is 0 Å². The van der Waals surface area contributed by atoms with Gasteiger partial charge in [0.1, 0.15) is 5.75 Å². The van der Waals surface area contributed by atoms with Crippen LogP contribution in [-0.4, -0.2) is 18.4 Å². The van der Waals surface area contributed by atoms with Gasteiger partial charge in [-0.2, -0.15) is 0 Å². The van der Waals surface area contributed by atoms with E-state index in [-0.39, 0.29) is 24.3 Å². The van der Waals surface area contributed by atoms with E-state index in [1.54, 1.807) is 48.5 Å². The molecule has 5 nitrogen and oxygen atoms in total. The molecule has 6 heteroatoms. The quantitative estimate of drug-likeness (QED) is 0.832. The predicted molar refractivity (Wildman–Crippen MR) is 95.5 cm³/mol. The van der Waals surface area contributed by atoms with Crippen molar-refractivity contribution >= 4 is 34.8 Å². The van der Waals surface area contributed by atoms with Crippen molar-refractivity contribution in [2.24, 2.45) is 5.92 Å².